The summed E-state index contributed by atoms with van der Waals surface area (Å²) in [4.78, 5) is 11.0. The van der Waals surface area contributed by atoms with Crippen LogP contribution in [0, 0.1) is 0 Å². The molecule has 7 heterocycles. The van der Waals surface area contributed by atoms with Gasteiger partial charge in [-0.15, -0.1) is 0 Å². The van der Waals surface area contributed by atoms with Gasteiger partial charge >= 0.3 is 97.9 Å². The molecule has 0 amide bonds. The molecule has 7 aliphatic rings. The van der Waals surface area contributed by atoms with E-state index in [-0.39, 0.29) is 0 Å². The first-order chi connectivity index (χ1) is 17.4. The Labute approximate surface area is 228 Å². The van der Waals surface area contributed by atoms with Crippen molar-refractivity contribution in [2.24, 2.45) is 59.4 Å². The summed E-state index contributed by atoms with van der Waals surface area (Å²) in [7, 11) is -55.1. The quantitative estimate of drug-likeness (QED) is 0.102. The van der Waals surface area contributed by atoms with Crippen LogP contribution < -0.4 is 59.4 Å². The van der Waals surface area contributed by atoms with Gasteiger partial charge in [0.05, 0.1) is 0 Å². The third-order valence-corrected chi connectivity index (χ3v) is 48.9. The Morgan fingerprint density at radius 2 is 0.590 bits per heavy atom. The number of hydrogen-bond acceptors (Lipinski definition) is 27. The Morgan fingerprint density at radius 3 is 0.974 bits per heavy atom. The van der Waals surface area contributed by atoms with Gasteiger partial charge in [0, 0.05) is 0 Å². The molecule has 0 aromatic heterocycles. The van der Waals surface area contributed by atoms with Crippen LogP contribution in [0.5, 0.6) is 0 Å². The van der Waals surface area contributed by atoms with Gasteiger partial charge in [0.1, 0.15) is 0 Å². The lowest BCUT2D eigenvalue weighted by atomic mass is 11.6. The van der Waals surface area contributed by atoms with Crippen LogP contribution in [0.1, 0.15) is 0 Å². The van der Waals surface area contributed by atoms with E-state index < -0.39 is 102 Å². The fraction of sp³-hybridized carbons (Fsp3) is 1.00. The highest BCUT2D eigenvalue weighted by Gasteiger charge is 3.01. The molecule has 9 bridgehead atoms. The van der Waals surface area contributed by atoms with Crippen LogP contribution in [0.25, 0.3) is 0 Å². The standard InChI is InChI=1S/CH23N11O16Si11/c2-29-1-14-33(6)20-32(5,13)21-34(7,16-29)23-36(9)18-31(1,4)19-37(10)24-35(8,17-30(1,3)15-29)25-38(11,22-33)28-39(12,26-36)27-37/h13H,2-12H2. The van der Waals surface area contributed by atoms with Crippen molar-refractivity contribution >= 4 is 97.9 Å². The Balaban J connectivity index is 1.65. The summed E-state index contributed by atoms with van der Waals surface area (Å²) in [6.45, 7) is 0. The van der Waals surface area contributed by atoms with Crippen molar-refractivity contribution in [2.45, 2.75) is 4.47 Å². The van der Waals surface area contributed by atoms with E-state index in [1.165, 1.54) is 0 Å². The van der Waals surface area contributed by atoms with Crippen LogP contribution >= 0.6 is 0 Å². The van der Waals surface area contributed by atoms with Crippen molar-refractivity contribution in [3.63, 3.8) is 0 Å². The van der Waals surface area contributed by atoms with Gasteiger partial charge in [-0.25, -0.2) is 0 Å². The van der Waals surface area contributed by atoms with Crippen molar-refractivity contribution in [1.29, 1.82) is 0 Å². The first-order valence-corrected chi connectivity index (χ1v) is 30.4. The van der Waals surface area contributed by atoms with E-state index in [9.17, 15) is 4.80 Å². The normalized spacial score (nSPS) is 69.2. The predicted molar refractivity (Wildman–Crippen MR) is 131 cm³/mol. The SMILES string of the molecule is N[Si]1(O)O[Si]2(N)OC34[Si]5(N)O[Si]6(N)O[Si]7(N)O[Si](N)(O2)O[Si](N)(O[Si](N)(O7)O5)O[Si]3(N)O[Si]4(N)O[Si](N)(O1)O6. The summed E-state index contributed by atoms with van der Waals surface area (Å²) >= 11 is 0. The van der Waals surface area contributed by atoms with Crippen molar-refractivity contribution in [1.82, 2.24) is 0 Å². The maximum atomic E-state index is 11.0. The molecule has 0 saturated carbocycles. The Bertz CT molecular complexity index is 1170. The summed E-state index contributed by atoms with van der Waals surface area (Å²) in [5.74, 6) is 0. The van der Waals surface area contributed by atoms with Crippen LogP contribution in [-0.2, 0) is 62.0 Å². The van der Waals surface area contributed by atoms with E-state index in [0.29, 0.717) is 0 Å². The number of hydrogen-bond donors (Lipinski definition) is 12. The lowest BCUT2D eigenvalue weighted by Crippen LogP contribution is -3.11. The third-order valence-electron chi connectivity index (χ3n) is 5.81. The summed E-state index contributed by atoms with van der Waals surface area (Å²) < 4.78 is 84.7. The minimum Gasteiger partial charge on any atom is -0.388 e. The van der Waals surface area contributed by atoms with E-state index >= 15 is 0 Å². The lowest BCUT2D eigenvalue weighted by Gasteiger charge is -2.67. The molecule has 7 saturated heterocycles. The van der Waals surface area contributed by atoms with Gasteiger partial charge in [-0.1, -0.05) is 0 Å². The van der Waals surface area contributed by atoms with E-state index in [1.807, 2.05) is 0 Å². The van der Waals surface area contributed by atoms with Crippen molar-refractivity contribution in [3.05, 3.63) is 0 Å². The zero-order chi connectivity index (χ0) is 28.6. The van der Waals surface area contributed by atoms with Gasteiger partial charge in [0.15, 0.2) is 0 Å². The number of nitrogens with two attached hydrogens (primary N) is 11. The molecular formula is CH23N11O16Si11. The largest absolute Gasteiger partial charge is 0.581 e. The molecule has 0 radical (unpaired) electrons. The number of rotatable bonds is 0. The third kappa shape index (κ3) is 3.91. The molecule has 7 rings (SSSR count). The molecule has 27 nitrogen and oxygen atoms in total. The van der Waals surface area contributed by atoms with Gasteiger partial charge < -0.3 is 83.0 Å². The highest BCUT2D eigenvalue weighted by Crippen LogP contribution is 2.55. The minimum absolute atomic E-state index is 2.64. The van der Waals surface area contributed by atoms with Crippen LogP contribution in [0.4, 0.5) is 0 Å². The van der Waals surface area contributed by atoms with Crippen LogP contribution in [0.2, 0.25) is 0 Å². The Morgan fingerprint density at radius 1 is 0.333 bits per heavy atom. The average Bonchev–Trinajstić information content (AvgIpc) is 2.57. The molecule has 0 aromatic carbocycles. The predicted octanol–water partition coefficient (Wildman–Crippen LogP) is -12.5. The van der Waals surface area contributed by atoms with Crippen molar-refractivity contribution in [2.75, 3.05) is 0 Å². The maximum Gasteiger partial charge on any atom is 0.581 e. The molecule has 7 fully saturated rings. The minimum atomic E-state index is -5.25. The highest BCUT2D eigenvalue weighted by molar-refractivity contribution is 7.19. The smallest absolute Gasteiger partial charge is 0.388 e. The average molecular weight is 754 g/mol. The topological polar surface area (TPSA) is 445 Å². The van der Waals surface area contributed by atoms with Crippen LogP contribution in [0.15, 0.2) is 0 Å². The second-order valence-electron chi connectivity index (χ2n) is 9.07. The van der Waals surface area contributed by atoms with E-state index in [2.05, 4.69) is 0 Å². The summed E-state index contributed by atoms with van der Waals surface area (Å²) in [5.41, 5.74) is 0. The van der Waals surface area contributed by atoms with Crippen molar-refractivity contribution < 1.29 is 66.8 Å². The summed E-state index contributed by atoms with van der Waals surface area (Å²) in [6.07, 6.45) is 0. The van der Waals surface area contributed by atoms with E-state index in [0.717, 1.165) is 0 Å². The van der Waals surface area contributed by atoms with Gasteiger partial charge in [0.2, 0.25) is 4.47 Å². The van der Waals surface area contributed by atoms with Crippen LogP contribution in [-0.4, -0.2) is 107 Å². The summed E-state index contributed by atoms with van der Waals surface area (Å²) in [6, 6.07) is 0. The molecule has 12 atom stereocenters. The number of fused-ring (bicyclic) bond motifs is 5. The first-order valence-electron chi connectivity index (χ1n) is 10.3. The Hall–Kier alpha value is 1.31. The van der Waals surface area contributed by atoms with Gasteiger partial charge in [-0.3, -0.25) is 43.2 Å². The van der Waals surface area contributed by atoms with E-state index in [1.54, 1.807) is 0 Å². The molecule has 23 N–H and O–H groups in total. The van der Waals surface area contributed by atoms with Gasteiger partial charge in [-0.05, 0) is 0 Å². The lowest BCUT2D eigenvalue weighted by molar-refractivity contribution is -0.00557. The Kier molecular flexibility index (Phi) is 5.51. The molecule has 1 spiro atoms. The zero-order valence-corrected chi connectivity index (χ0v) is 29.9. The summed E-state index contributed by atoms with van der Waals surface area (Å²) in [5, 5.41) is 70.8. The van der Waals surface area contributed by atoms with Crippen molar-refractivity contribution in [3.8, 4) is 0 Å². The fourth-order valence-electron chi connectivity index (χ4n) is 4.93. The molecule has 38 heteroatoms. The fourth-order valence-corrected chi connectivity index (χ4v) is 57.6. The molecule has 12 unspecified atom stereocenters. The first kappa shape index (κ1) is 29.0. The molecule has 222 valence electrons. The molecule has 39 heavy (non-hydrogen) atoms. The monoisotopic (exact) mass is 753 g/mol. The molecule has 0 aliphatic carbocycles. The highest BCUT2D eigenvalue weighted by atomic mass is 28.6. The second kappa shape index (κ2) is 7.40. The van der Waals surface area contributed by atoms with Gasteiger partial charge in [0.25, 0.3) is 0 Å². The van der Waals surface area contributed by atoms with Gasteiger partial charge in [-0.2, -0.15) is 0 Å². The van der Waals surface area contributed by atoms with Crippen LogP contribution in [0.3, 0.4) is 0 Å². The molecular weight excluding hydrogens is 731 g/mol. The maximum absolute atomic E-state index is 11.0. The van der Waals surface area contributed by atoms with E-state index in [4.69, 9.17) is 121 Å². The molecule has 7 aliphatic heterocycles. The zero-order valence-electron chi connectivity index (χ0n) is 18.9. The molecule has 0 aromatic rings. The second-order valence-corrected chi connectivity index (χ2v) is 38.0.